The normalized spacial score (nSPS) is 31.1. The number of nitrogens with zero attached hydrogens (tertiary/aromatic N) is 3. The van der Waals surface area contributed by atoms with Gasteiger partial charge in [0, 0.05) is 0 Å². The van der Waals surface area contributed by atoms with Gasteiger partial charge in [0.25, 0.3) is 0 Å². The molecule has 4 atom stereocenters. The van der Waals surface area contributed by atoms with Crippen LogP contribution in [0.15, 0.2) is 18.5 Å². The number of aliphatic hydroxyl groups excluding tert-OH is 3. The SMILES string of the molecule is Nc1ncnn2c([C@@H]3O[C@H](CO)[C@@H](O)[C@H]3O)ccc12. The average molecular weight is 266 g/mol. The molecule has 2 aromatic heterocycles. The van der Waals surface area contributed by atoms with E-state index < -0.39 is 24.4 Å². The highest BCUT2D eigenvalue weighted by atomic mass is 16.6. The molecule has 19 heavy (non-hydrogen) atoms. The van der Waals surface area contributed by atoms with Crippen molar-refractivity contribution in [2.75, 3.05) is 12.3 Å². The molecule has 8 heteroatoms. The molecule has 5 N–H and O–H groups in total. The van der Waals surface area contributed by atoms with Crippen LogP contribution in [0.3, 0.4) is 0 Å². The molecule has 0 spiro atoms. The molecule has 0 aliphatic carbocycles. The van der Waals surface area contributed by atoms with Crippen molar-refractivity contribution in [3.8, 4) is 0 Å². The van der Waals surface area contributed by atoms with Crippen molar-refractivity contribution < 1.29 is 20.1 Å². The third kappa shape index (κ3) is 1.77. The summed E-state index contributed by atoms with van der Waals surface area (Å²) in [6.07, 6.45) is -2.56. The number of aromatic nitrogens is 3. The molecule has 8 nitrogen and oxygen atoms in total. The largest absolute Gasteiger partial charge is 0.394 e. The minimum Gasteiger partial charge on any atom is -0.394 e. The molecular formula is C11H14N4O4. The summed E-state index contributed by atoms with van der Waals surface area (Å²) < 4.78 is 6.96. The first kappa shape index (κ1) is 12.3. The van der Waals surface area contributed by atoms with E-state index in [4.69, 9.17) is 15.6 Å². The number of hydrogen-bond donors (Lipinski definition) is 4. The molecule has 0 unspecified atom stereocenters. The maximum absolute atomic E-state index is 9.99. The van der Waals surface area contributed by atoms with Crippen molar-refractivity contribution in [1.82, 2.24) is 14.6 Å². The van der Waals surface area contributed by atoms with E-state index >= 15 is 0 Å². The Bertz CT molecular complexity index is 601. The molecule has 0 aromatic carbocycles. The third-order valence-corrected chi connectivity index (χ3v) is 3.34. The lowest BCUT2D eigenvalue weighted by Crippen LogP contribution is -2.32. The fourth-order valence-corrected chi connectivity index (χ4v) is 2.33. The van der Waals surface area contributed by atoms with Crippen LogP contribution in [0, 0.1) is 0 Å². The Balaban J connectivity index is 2.04. The first-order valence-electron chi connectivity index (χ1n) is 5.84. The van der Waals surface area contributed by atoms with Crippen LogP contribution in [0.4, 0.5) is 5.82 Å². The van der Waals surface area contributed by atoms with Gasteiger partial charge in [-0.1, -0.05) is 0 Å². The van der Waals surface area contributed by atoms with Crippen LogP contribution in [-0.2, 0) is 4.74 Å². The van der Waals surface area contributed by atoms with Gasteiger partial charge in [-0.05, 0) is 12.1 Å². The maximum atomic E-state index is 9.99. The Morgan fingerprint density at radius 3 is 2.79 bits per heavy atom. The van der Waals surface area contributed by atoms with Crippen LogP contribution in [0.2, 0.25) is 0 Å². The first-order valence-corrected chi connectivity index (χ1v) is 5.84. The van der Waals surface area contributed by atoms with E-state index in [1.54, 1.807) is 12.1 Å². The number of aliphatic hydroxyl groups is 3. The Morgan fingerprint density at radius 2 is 2.11 bits per heavy atom. The lowest BCUT2D eigenvalue weighted by atomic mass is 10.1. The Labute approximate surface area is 108 Å². The molecular weight excluding hydrogens is 252 g/mol. The van der Waals surface area contributed by atoms with Gasteiger partial charge in [0.1, 0.15) is 36.3 Å². The van der Waals surface area contributed by atoms with Crippen LogP contribution in [0.25, 0.3) is 5.52 Å². The van der Waals surface area contributed by atoms with Gasteiger partial charge in [0.15, 0.2) is 5.82 Å². The minimum absolute atomic E-state index is 0.313. The number of fused-ring (bicyclic) bond motifs is 1. The average Bonchev–Trinajstić information content (AvgIpc) is 2.94. The number of hydrogen-bond acceptors (Lipinski definition) is 7. The van der Waals surface area contributed by atoms with Crippen molar-refractivity contribution in [2.45, 2.75) is 24.4 Å². The minimum atomic E-state index is -1.14. The van der Waals surface area contributed by atoms with E-state index in [0.29, 0.717) is 17.0 Å². The number of nitrogen functional groups attached to an aromatic ring is 1. The third-order valence-electron chi connectivity index (χ3n) is 3.34. The van der Waals surface area contributed by atoms with E-state index in [1.165, 1.54) is 10.8 Å². The number of nitrogens with two attached hydrogens (primary N) is 1. The van der Waals surface area contributed by atoms with Crippen molar-refractivity contribution >= 4 is 11.3 Å². The van der Waals surface area contributed by atoms with Gasteiger partial charge >= 0.3 is 0 Å². The molecule has 3 heterocycles. The first-order chi connectivity index (χ1) is 9.13. The van der Waals surface area contributed by atoms with E-state index in [2.05, 4.69) is 10.1 Å². The molecule has 2 aromatic rings. The zero-order valence-corrected chi connectivity index (χ0v) is 9.92. The second-order valence-electron chi connectivity index (χ2n) is 4.46. The standard InChI is InChI=1S/C11H14N4O4/c12-11-6-2-1-5(15(6)14-4-13-11)10-9(18)8(17)7(3-16)19-10/h1-2,4,7-10,16-18H,3H2,(H2,12,13,14)/t7-,8-,9-,10+/m1/s1. The zero-order chi connectivity index (χ0) is 13.6. The summed E-state index contributed by atoms with van der Waals surface area (Å²) in [5.41, 5.74) is 6.86. The lowest BCUT2D eigenvalue weighted by Gasteiger charge is -2.14. The smallest absolute Gasteiger partial charge is 0.151 e. The zero-order valence-electron chi connectivity index (χ0n) is 9.92. The fraction of sp³-hybridized carbons (Fsp3) is 0.455. The molecule has 0 bridgehead atoms. The summed E-state index contributed by atoms with van der Waals surface area (Å²) in [6.45, 7) is -0.366. The van der Waals surface area contributed by atoms with Crippen molar-refractivity contribution in [2.24, 2.45) is 0 Å². The fourth-order valence-electron chi connectivity index (χ4n) is 2.33. The van der Waals surface area contributed by atoms with Gasteiger partial charge in [0.05, 0.1) is 12.3 Å². The second-order valence-corrected chi connectivity index (χ2v) is 4.46. The molecule has 0 saturated carbocycles. The Kier molecular flexibility index (Phi) is 2.86. The summed E-state index contributed by atoms with van der Waals surface area (Å²) in [6, 6.07) is 3.40. The summed E-state index contributed by atoms with van der Waals surface area (Å²) in [7, 11) is 0. The van der Waals surface area contributed by atoms with Gasteiger partial charge in [-0.2, -0.15) is 5.10 Å². The Morgan fingerprint density at radius 1 is 1.32 bits per heavy atom. The quantitative estimate of drug-likeness (QED) is 0.519. The highest BCUT2D eigenvalue weighted by molar-refractivity contribution is 5.65. The Hall–Kier alpha value is -1.74. The molecule has 1 aliphatic rings. The highest BCUT2D eigenvalue weighted by Crippen LogP contribution is 2.34. The summed E-state index contributed by atoms with van der Waals surface area (Å²) in [5, 5.41) is 32.9. The van der Waals surface area contributed by atoms with E-state index in [0.717, 1.165) is 0 Å². The number of anilines is 1. The maximum Gasteiger partial charge on any atom is 0.151 e. The molecule has 102 valence electrons. The van der Waals surface area contributed by atoms with Gasteiger partial charge < -0.3 is 25.8 Å². The summed E-state index contributed by atoms with van der Waals surface area (Å²) >= 11 is 0. The topological polar surface area (TPSA) is 126 Å². The van der Waals surface area contributed by atoms with Gasteiger partial charge in [-0.3, -0.25) is 0 Å². The van der Waals surface area contributed by atoms with Gasteiger partial charge in [-0.15, -0.1) is 0 Å². The summed E-state index contributed by atoms with van der Waals surface area (Å²) in [4.78, 5) is 3.87. The molecule has 1 aliphatic heterocycles. The van der Waals surface area contributed by atoms with Crippen LogP contribution >= 0.6 is 0 Å². The van der Waals surface area contributed by atoms with Crippen LogP contribution in [0.1, 0.15) is 11.8 Å². The van der Waals surface area contributed by atoms with Crippen LogP contribution in [-0.4, -0.2) is 54.8 Å². The van der Waals surface area contributed by atoms with Crippen molar-refractivity contribution in [3.63, 3.8) is 0 Å². The van der Waals surface area contributed by atoms with Gasteiger partial charge in [-0.25, -0.2) is 9.50 Å². The van der Waals surface area contributed by atoms with Crippen LogP contribution in [0.5, 0.6) is 0 Å². The monoisotopic (exact) mass is 266 g/mol. The predicted molar refractivity (Wildman–Crippen MR) is 64.1 cm³/mol. The van der Waals surface area contributed by atoms with E-state index in [9.17, 15) is 10.2 Å². The predicted octanol–water partition coefficient (Wildman–Crippen LogP) is -1.53. The molecule has 1 fully saturated rings. The molecule has 3 rings (SSSR count). The lowest BCUT2D eigenvalue weighted by molar-refractivity contribution is -0.0244. The molecule has 1 saturated heterocycles. The van der Waals surface area contributed by atoms with E-state index in [-0.39, 0.29) is 6.61 Å². The highest BCUT2D eigenvalue weighted by Gasteiger charge is 2.44. The second kappa shape index (κ2) is 4.42. The van der Waals surface area contributed by atoms with Gasteiger partial charge in [0.2, 0.25) is 0 Å². The van der Waals surface area contributed by atoms with Crippen molar-refractivity contribution in [3.05, 3.63) is 24.2 Å². The van der Waals surface area contributed by atoms with Crippen LogP contribution < -0.4 is 5.73 Å². The molecule has 0 amide bonds. The number of ether oxygens (including phenoxy) is 1. The number of rotatable bonds is 2. The van der Waals surface area contributed by atoms with E-state index in [1.807, 2.05) is 0 Å². The summed E-state index contributed by atoms with van der Waals surface area (Å²) in [5.74, 6) is 0.313. The molecule has 0 radical (unpaired) electrons. The van der Waals surface area contributed by atoms with Crippen molar-refractivity contribution in [1.29, 1.82) is 0 Å².